The maximum Gasteiger partial charge on any atom is 0.119 e. The molecule has 1 atom stereocenters. The van der Waals surface area contributed by atoms with E-state index >= 15 is 0 Å². The normalized spacial score (nSPS) is 12.2. The molecule has 0 saturated carbocycles. The van der Waals surface area contributed by atoms with Gasteiger partial charge in [0.25, 0.3) is 0 Å². The molecule has 2 N–H and O–H groups in total. The smallest absolute Gasteiger partial charge is 0.119 e. The van der Waals surface area contributed by atoms with Crippen LogP contribution < -0.4 is 4.74 Å². The monoisotopic (exact) mass is 344 g/mol. The minimum Gasteiger partial charge on any atom is -0.491 e. The van der Waals surface area contributed by atoms with Crippen LogP contribution in [0.3, 0.4) is 0 Å². The molecule has 4 heteroatoms. The lowest BCUT2D eigenvalue weighted by atomic mass is 10.0. The summed E-state index contributed by atoms with van der Waals surface area (Å²) in [5.74, 6) is 0.762. The zero-order valence-electron chi connectivity index (χ0n) is 14.5. The van der Waals surface area contributed by atoms with Crippen molar-refractivity contribution in [2.75, 3.05) is 6.61 Å². The Morgan fingerprint density at radius 3 is 2.27 bits per heavy atom. The van der Waals surface area contributed by atoms with Gasteiger partial charge >= 0.3 is 0 Å². The fraction of sp³-hybridized carbons (Fsp3) is 0.136. The molecule has 4 aromatic rings. The SMILES string of the molecule is C[C@H](O)COc1ccc(-c2ccc(-c3cc4ccncc4[nH]3)cc2)cc1. The lowest BCUT2D eigenvalue weighted by Crippen LogP contribution is -2.12. The van der Waals surface area contributed by atoms with Crippen molar-refractivity contribution in [3.8, 4) is 28.1 Å². The van der Waals surface area contributed by atoms with Crippen molar-refractivity contribution in [3.63, 3.8) is 0 Å². The van der Waals surface area contributed by atoms with Crippen LogP contribution in [0.4, 0.5) is 0 Å². The predicted octanol–water partition coefficient (Wildman–Crippen LogP) is 4.66. The summed E-state index contributed by atoms with van der Waals surface area (Å²) in [4.78, 5) is 7.55. The van der Waals surface area contributed by atoms with Gasteiger partial charge in [0.05, 0.1) is 17.8 Å². The molecule has 0 bridgehead atoms. The summed E-state index contributed by atoms with van der Waals surface area (Å²) in [5, 5.41) is 10.4. The van der Waals surface area contributed by atoms with Crippen molar-refractivity contribution in [1.82, 2.24) is 9.97 Å². The molecule has 4 nitrogen and oxygen atoms in total. The van der Waals surface area contributed by atoms with Gasteiger partial charge in [0.1, 0.15) is 12.4 Å². The van der Waals surface area contributed by atoms with E-state index in [1.54, 1.807) is 13.1 Å². The minimum absolute atomic E-state index is 0.300. The number of aromatic nitrogens is 2. The Morgan fingerprint density at radius 2 is 1.62 bits per heavy atom. The van der Waals surface area contributed by atoms with Crippen LogP contribution in [-0.4, -0.2) is 27.8 Å². The second-order valence-electron chi connectivity index (χ2n) is 6.41. The maximum absolute atomic E-state index is 9.28. The summed E-state index contributed by atoms with van der Waals surface area (Å²) in [7, 11) is 0. The molecular formula is C22H20N2O2. The summed E-state index contributed by atoms with van der Waals surface area (Å²) < 4.78 is 5.50. The molecular weight excluding hydrogens is 324 g/mol. The fourth-order valence-corrected chi connectivity index (χ4v) is 2.93. The van der Waals surface area contributed by atoms with Gasteiger partial charge in [0, 0.05) is 17.3 Å². The molecule has 0 amide bonds. The van der Waals surface area contributed by atoms with Crippen LogP contribution in [-0.2, 0) is 0 Å². The van der Waals surface area contributed by atoms with E-state index in [4.69, 9.17) is 4.74 Å². The molecule has 0 aliphatic heterocycles. The molecule has 0 saturated heterocycles. The van der Waals surface area contributed by atoms with Crippen LogP contribution in [0.1, 0.15) is 6.92 Å². The van der Waals surface area contributed by atoms with E-state index < -0.39 is 6.10 Å². The Morgan fingerprint density at radius 1 is 0.962 bits per heavy atom. The Hall–Kier alpha value is -3.11. The first-order chi connectivity index (χ1) is 12.7. The highest BCUT2D eigenvalue weighted by atomic mass is 16.5. The van der Waals surface area contributed by atoms with Gasteiger partial charge in [-0.25, -0.2) is 0 Å². The standard InChI is InChI=1S/C22H20N2O2/c1-15(25)14-26-20-8-6-17(7-9-20)16-2-4-18(5-3-16)21-12-19-10-11-23-13-22(19)24-21/h2-13,15,24-25H,14H2,1H3/t15-/m0/s1. The Bertz CT molecular complexity index is 969. The highest BCUT2D eigenvalue weighted by Crippen LogP contribution is 2.27. The van der Waals surface area contributed by atoms with Crippen molar-refractivity contribution in [2.24, 2.45) is 0 Å². The van der Waals surface area contributed by atoms with E-state index in [9.17, 15) is 5.11 Å². The van der Waals surface area contributed by atoms with Gasteiger partial charge < -0.3 is 14.8 Å². The number of pyridine rings is 1. The number of nitrogens with zero attached hydrogens (tertiary/aromatic N) is 1. The van der Waals surface area contributed by atoms with Crippen LogP contribution in [0.25, 0.3) is 33.3 Å². The van der Waals surface area contributed by atoms with Crippen LogP contribution in [0.5, 0.6) is 5.75 Å². The van der Waals surface area contributed by atoms with Crippen LogP contribution in [0.2, 0.25) is 0 Å². The quantitative estimate of drug-likeness (QED) is 0.554. The molecule has 0 aliphatic carbocycles. The second kappa shape index (κ2) is 7.02. The van der Waals surface area contributed by atoms with Gasteiger partial charge in [-0.2, -0.15) is 0 Å². The average molecular weight is 344 g/mol. The van der Waals surface area contributed by atoms with Gasteiger partial charge in [-0.15, -0.1) is 0 Å². The molecule has 2 aromatic carbocycles. The number of rotatable bonds is 5. The van der Waals surface area contributed by atoms with Crippen molar-refractivity contribution >= 4 is 10.9 Å². The highest BCUT2D eigenvalue weighted by Gasteiger charge is 2.05. The summed E-state index contributed by atoms with van der Waals surface area (Å²) in [5.41, 5.74) is 5.54. The zero-order chi connectivity index (χ0) is 17.9. The first-order valence-electron chi connectivity index (χ1n) is 8.63. The molecule has 26 heavy (non-hydrogen) atoms. The molecule has 0 spiro atoms. The lowest BCUT2D eigenvalue weighted by Gasteiger charge is -2.09. The van der Waals surface area contributed by atoms with Gasteiger partial charge in [-0.3, -0.25) is 4.98 Å². The number of H-pyrrole nitrogens is 1. The Labute approximate surface area is 152 Å². The topological polar surface area (TPSA) is 58.1 Å². The number of hydrogen-bond donors (Lipinski definition) is 2. The summed E-state index contributed by atoms with van der Waals surface area (Å²) >= 11 is 0. The molecule has 130 valence electrons. The van der Waals surface area contributed by atoms with Crippen LogP contribution >= 0.6 is 0 Å². The van der Waals surface area contributed by atoms with E-state index in [1.165, 1.54) is 0 Å². The van der Waals surface area contributed by atoms with E-state index in [0.717, 1.165) is 39.0 Å². The predicted molar refractivity (Wildman–Crippen MR) is 104 cm³/mol. The van der Waals surface area contributed by atoms with E-state index in [1.807, 2.05) is 36.5 Å². The number of hydrogen-bond acceptors (Lipinski definition) is 3. The van der Waals surface area contributed by atoms with E-state index in [0.29, 0.717) is 6.61 Å². The zero-order valence-corrected chi connectivity index (χ0v) is 14.5. The summed E-state index contributed by atoms with van der Waals surface area (Å²) in [6.45, 7) is 2.01. The van der Waals surface area contributed by atoms with Gasteiger partial charge in [-0.1, -0.05) is 36.4 Å². The molecule has 0 radical (unpaired) electrons. The first-order valence-corrected chi connectivity index (χ1v) is 8.63. The number of ether oxygens (including phenoxy) is 1. The molecule has 0 aliphatic rings. The van der Waals surface area contributed by atoms with Crippen molar-refractivity contribution in [2.45, 2.75) is 13.0 Å². The number of aliphatic hydroxyl groups excluding tert-OH is 1. The van der Waals surface area contributed by atoms with Crippen molar-refractivity contribution < 1.29 is 9.84 Å². The van der Waals surface area contributed by atoms with Crippen LogP contribution in [0, 0.1) is 0 Å². The highest BCUT2D eigenvalue weighted by molar-refractivity contribution is 5.85. The first kappa shape index (κ1) is 16.4. The third kappa shape index (κ3) is 3.46. The third-order valence-corrected chi connectivity index (χ3v) is 4.30. The number of benzene rings is 2. The van der Waals surface area contributed by atoms with Crippen LogP contribution in [0.15, 0.2) is 73.1 Å². The van der Waals surface area contributed by atoms with E-state index in [-0.39, 0.29) is 0 Å². The Balaban J connectivity index is 1.53. The van der Waals surface area contributed by atoms with Gasteiger partial charge in [0.15, 0.2) is 0 Å². The Kier molecular flexibility index (Phi) is 4.42. The van der Waals surface area contributed by atoms with Gasteiger partial charge in [-0.05, 0) is 47.9 Å². The summed E-state index contributed by atoms with van der Waals surface area (Å²) in [6.07, 6.45) is 3.18. The second-order valence-corrected chi connectivity index (χ2v) is 6.41. The van der Waals surface area contributed by atoms with Crippen molar-refractivity contribution in [3.05, 3.63) is 73.1 Å². The number of fused-ring (bicyclic) bond motifs is 1. The molecule has 2 heterocycles. The van der Waals surface area contributed by atoms with Gasteiger partial charge in [0.2, 0.25) is 0 Å². The number of aliphatic hydroxyl groups is 1. The average Bonchev–Trinajstić information content (AvgIpc) is 3.11. The molecule has 0 fully saturated rings. The molecule has 0 unspecified atom stereocenters. The van der Waals surface area contributed by atoms with Crippen molar-refractivity contribution in [1.29, 1.82) is 0 Å². The lowest BCUT2D eigenvalue weighted by molar-refractivity contribution is 0.123. The maximum atomic E-state index is 9.28. The van der Waals surface area contributed by atoms with E-state index in [2.05, 4.69) is 40.3 Å². The number of nitrogens with one attached hydrogen (secondary N) is 1. The minimum atomic E-state index is -0.470. The molecule has 2 aromatic heterocycles. The largest absolute Gasteiger partial charge is 0.491 e. The summed E-state index contributed by atoms with van der Waals surface area (Å²) in [6, 6.07) is 20.5. The fourth-order valence-electron chi connectivity index (χ4n) is 2.93. The molecule has 4 rings (SSSR count). The third-order valence-electron chi connectivity index (χ3n) is 4.30. The number of aromatic amines is 1.